The Labute approximate surface area is 205 Å². The zero-order valence-electron chi connectivity index (χ0n) is 19.5. The molecule has 7 nitrogen and oxygen atoms in total. The molecule has 1 N–H and O–H groups in total. The molecule has 1 atom stereocenters. The van der Waals surface area contributed by atoms with Crippen LogP contribution in [0.15, 0.2) is 59.1 Å². The highest BCUT2D eigenvalue weighted by atomic mass is 79.9. The molecule has 2 rings (SSSR count). The average molecular weight is 539 g/mol. The molecule has 2 aromatic carbocycles. The number of carbonyl (C=O) groups is 2. The first kappa shape index (κ1) is 26.9. The number of nitrogens with one attached hydrogen (secondary N) is 1. The van der Waals surface area contributed by atoms with Crippen molar-refractivity contribution in [3.63, 3.8) is 0 Å². The fourth-order valence-corrected chi connectivity index (χ4v) is 5.00. The summed E-state index contributed by atoms with van der Waals surface area (Å²) in [6.07, 6.45) is 2.02. The highest BCUT2D eigenvalue weighted by molar-refractivity contribution is 9.10. The van der Waals surface area contributed by atoms with Crippen LogP contribution in [0.4, 0.5) is 5.69 Å². The Morgan fingerprint density at radius 1 is 1.03 bits per heavy atom. The maximum atomic E-state index is 13.5. The summed E-state index contributed by atoms with van der Waals surface area (Å²) in [5.74, 6) is -0.682. The third-order valence-corrected chi connectivity index (χ3v) is 6.90. The van der Waals surface area contributed by atoms with Gasteiger partial charge in [0.1, 0.15) is 12.6 Å². The van der Waals surface area contributed by atoms with E-state index in [1.807, 2.05) is 51.1 Å². The van der Waals surface area contributed by atoms with Gasteiger partial charge in [-0.3, -0.25) is 13.9 Å². The number of halogens is 1. The number of amides is 2. The van der Waals surface area contributed by atoms with Crippen LogP contribution in [0.5, 0.6) is 0 Å². The summed E-state index contributed by atoms with van der Waals surface area (Å²) >= 11 is 3.38. The molecule has 9 heteroatoms. The van der Waals surface area contributed by atoms with Crippen molar-refractivity contribution in [2.45, 2.75) is 45.7 Å². The maximum absolute atomic E-state index is 13.5. The van der Waals surface area contributed by atoms with Gasteiger partial charge in [0.05, 0.1) is 11.9 Å². The summed E-state index contributed by atoms with van der Waals surface area (Å²) in [6.45, 7) is 5.45. The van der Waals surface area contributed by atoms with Gasteiger partial charge in [0, 0.05) is 17.1 Å². The van der Waals surface area contributed by atoms with E-state index in [1.165, 1.54) is 4.90 Å². The first-order chi connectivity index (χ1) is 15.5. The van der Waals surface area contributed by atoms with Crippen molar-refractivity contribution in [1.29, 1.82) is 0 Å². The average Bonchev–Trinajstić information content (AvgIpc) is 2.74. The molecule has 33 heavy (non-hydrogen) atoms. The van der Waals surface area contributed by atoms with Crippen molar-refractivity contribution < 1.29 is 18.0 Å². The predicted molar refractivity (Wildman–Crippen MR) is 136 cm³/mol. The molecule has 0 heterocycles. The Bertz CT molecular complexity index is 1040. The van der Waals surface area contributed by atoms with Crippen LogP contribution in [0.25, 0.3) is 0 Å². The van der Waals surface area contributed by atoms with Crippen LogP contribution in [-0.4, -0.2) is 56.6 Å². The number of hydrogen-bond donors (Lipinski definition) is 1. The summed E-state index contributed by atoms with van der Waals surface area (Å²) < 4.78 is 26.8. The Hall–Kier alpha value is -2.39. The second-order valence-electron chi connectivity index (χ2n) is 8.13. The van der Waals surface area contributed by atoms with E-state index in [0.29, 0.717) is 29.5 Å². The Morgan fingerprint density at radius 3 is 2.18 bits per heavy atom. The third-order valence-electron chi connectivity index (χ3n) is 5.10. The van der Waals surface area contributed by atoms with Crippen molar-refractivity contribution in [1.82, 2.24) is 10.2 Å². The number of benzene rings is 2. The molecule has 2 amide bonds. The molecule has 0 radical (unpaired) electrons. The molecule has 0 bridgehead atoms. The Balaban J connectivity index is 2.37. The Kier molecular flexibility index (Phi) is 9.91. The van der Waals surface area contributed by atoms with E-state index < -0.39 is 28.5 Å². The van der Waals surface area contributed by atoms with Crippen LogP contribution in [0.2, 0.25) is 0 Å². The van der Waals surface area contributed by atoms with Crippen molar-refractivity contribution in [2.24, 2.45) is 0 Å². The highest BCUT2D eigenvalue weighted by Gasteiger charge is 2.32. The second-order valence-corrected chi connectivity index (χ2v) is 10.9. The van der Waals surface area contributed by atoms with Crippen LogP contribution < -0.4 is 9.62 Å². The number of sulfonamides is 1. The van der Waals surface area contributed by atoms with Gasteiger partial charge < -0.3 is 10.2 Å². The van der Waals surface area contributed by atoms with Gasteiger partial charge in [-0.1, -0.05) is 49.4 Å². The minimum Gasteiger partial charge on any atom is -0.352 e. The summed E-state index contributed by atoms with van der Waals surface area (Å²) in [7, 11) is -3.75. The first-order valence-corrected chi connectivity index (χ1v) is 13.5. The van der Waals surface area contributed by atoms with Gasteiger partial charge in [0.15, 0.2) is 0 Å². The monoisotopic (exact) mass is 537 g/mol. The van der Waals surface area contributed by atoms with Crippen LogP contribution in [0, 0.1) is 0 Å². The largest absolute Gasteiger partial charge is 0.352 e. The third kappa shape index (κ3) is 7.85. The molecule has 0 saturated heterocycles. The first-order valence-electron chi connectivity index (χ1n) is 10.9. The zero-order chi connectivity index (χ0) is 24.6. The fourth-order valence-electron chi connectivity index (χ4n) is 3.53. The number of carbonyl (C=O) groups excluding carboxylic acids is 2. The van der Waals surface area contributed by atoms with Gasteiger partial charge in [-0.15, -0.1) is 0 Å². The second kappa shape index (κ2) is 12.2. The highest BCUT2D eigenvalue weighted by Crippen LogP contribution is 2.27. The molecule has 0 aliphatic rings. The van der Waals surface area contributed by atoms with Gasteiger partial charge in [-0.2, -0.15) is 0 Å². The van der Waals surface area contributed by atoms with Gasteiger partial charge in [-0.25, -0.2) is 8.42 Å². The lowest BCUT2D eigenvalue weighted by Gasteiger charge is -2.33. The van der Waals surface area contributed by atoms with E-state index in [4.69, 9.17) is 0 Å². The lowest BCUT2D eigenvalue weighted by molar-refractivity contribution is -0.139. The van der Waals surface area contributed by atoms with Gasteiger partial charge in [0.2, 0.25) is 21.8 Å². The molecule has 0 fully saturated rings. The lowest BCUT2D eigenvalue weighted by atomic mass is 10.1. The van der Waals surface area contributed by atoms with E-state index in [9.17, 15) is 18.0 Å². The molecule has 0 aliphatic carbocycles. The normalized spacial score (nSPS) is 12.3. The van der Waals surface area contributed by atoms with Crippen LogP contribution in [0.3, 0.4) is 0 Å². The summed E-state index contributed by atoms with van der Waals surface area (Å²) in [4.78, 5) is 27.9. The quantitative estimate of drug-likeness (QED) is 0.474. The summed E-state index contributed by atoms with van der Waals surface area (Å²) in [6, 6.07) is 15.7. The van der Waals surface area contributed by atoms with Crippen molar-refractivity contribution >= 4 is 43.5 Å². The standard InChI is InChI=1S/C24H32BrN3O4S/c1-5-21(24(30)26-18(2)3)27(16-15-19-11-7-6-8-12-19)23(29)17-28(33(4,31)32)22-14-10-9-13-20(22)25/h6-14,18,21H,5,15-17H2,1-4H3,(H,26,30). The van der Waals surface area contributed by atoms with E-state index in [1.54, 1.807) is 24.3 Å². The topological polar surface area (TPSA) is 86.8 Å². The number of para-hydroxylation sites is 1. The van der Waals surface area contributed by atoms with E-state index >= 15 is 0 Å². The van der Waals surface area contributed by atoms with Gasteiger partial charge >= 0.3 is 0 Å². The van der Waals surface area contributed by atoms with E-state index in [2.05, 4.69) is 21.2 Å². The molecule has 0 aliphatic heterocycles. The number of anilines is 1. The van der Waals surface area contributed by atoms with Crippen LogP contribution in [-0.2, 0) is 26.0 Å². The minimum atomic E-state index is -3.75. The van der Waals surface area contributed by atoms with Crippen molar-refractivity contribution in [3.8, 4) is 0 Å². The SMILES string of the molecule is CCC(C(=O)NC(C)C)N(CCc1ccccc1)C(=O)CN(c1ccccc1Br)S(C)(=O)=O. The van der Waals surface area contributed by atoms with E-state index in [-0.39, 0.29) is 11.9 Å². The van der Waals surface area contributed by atoms with E-state index in [0.717, 1.165) is 16.1 Å². The maximum Gasteiger partial charge on any atom is 0.244 e. The lowest BCUT2D eigenvalue weighted by Crippen LogP contribution is -2.54. The van der Waals surface area contributed by atoms with Crippen LogP contribution in [0.1, 0.15) is 32.8 Å². The molecular weight excluding hydrogens is 506 g/mol. The molecular formula is C24H32BrN3O4S. The predicted octanol–water partition coefficient (Wildman–Crippen LogP) is 3.59. The number of rotatable bonds is 11. The molecule has 2 aromatic rings. The molecule has 1 unspecified atom stereocenters. The summed E-state index contributed by atoms with van der Waals surface area (Å²) in [5, 5.41) is 2.88. The van der Waals surface area contributed by atoms with Crippen LogP contribution >= 0.6 is 15.9 Å². The van der Waals surface area contributed by atoms with Gasteiger partial charge in [-0.05, 0) is 60.3 Å². The molecule has 0 spiro atoms. The zero-order valence-corrected chi connectivity index (χ0v) is 21.9. The number of hydrogen-bond acceptors (Lipinski definition) is 4. The smallest absolute Gasteiger partial charge is 0.244 e. The van der Waals surface area contributed by atoms with Crippen molar-refractivity contribution in [3.05, 3.63) is 64.6 Å². The molecule has 180 valence electrons. The summed E-state index contributed by atoms with van der Waals surface area (Å²) in [5.41, 5.74) is 1.40. The van der Waals surface area contributed by atoms with Crippen molar-refractivity contribution in [2.75, 3.05) is 23.7 Å². The fraction of sp³-hybridized carbons (Fsp3) is 0.417. The number of nitrogens with zero attached hydrogens (tertiary/aromatic N) is 2. The Morgan fingerprint density at radius 2 is 1.64 bits per heavy atom. The molecule has 0 aromatic heterocycles. The molecule has 0 saturated carbocycles. The van der Waals surface area contributed by atoms with Gasteiger partial charge in [0.25, 0.3) is 0 Å². The minimum absolute atomic E-state index is 0.0783.